The van der Waals surface area contributed by atoms with Crippen LogP contribution in [0.25, 0.3) is 0 Å². The number of nitrogens with zero attached hydrogens (tertiary/aromatic N) is 2. The summed E-state index contributed by atoms with van der Waals surface area (Å²) >= 11 is 5.10. The van der Waals surface area contributed by atoms with E-state index < -0.39 is 0 Å². The highest BCUT2D eigenvalue weighted by molar-refractivity contribution is 9.10. The molecule has 0 bridgehead atoms. The number of anilines is 1. The van der Waals surface area contributed by atoms with Crippen molar-refractivity contribution in [3.63, 3.8) is 0 Å². The zero-order valence-electron chi connectivity index (χ0n) is 9.12. The lowest BCUT2D eigenvalue weighted by Crippen LogP contribution is -2.01. The Hall–Kier alpha value is -0.940. The lowest BCUT2D eigenvalue weighted by Gasteiger charge is -2.06. The average molecular weight is 298 g/mol. The van der Waals surface area contributed by atoms with Gasteiger partial charge in [0.2, 0.25) is 0 Å². The van der Waals surface area contributed by atoms with Crippen LogP contribution in [0.5, 0.6) is 0 Å². The van der Waals surface area contributed by atoms with Crippen molar-refractivity contribution in [3.8, 4) is 0 Å². The summed E-state index contributed by atoms with van der Waals surface area (Å²) in [6, 6.07) is 2.03. The summed E-state index contributed by atoms with van der Waals surface area (Å²) in [4.78, 5) is 9.76. The van der Waals surface area contributed by atoms with Crippen molar-refractivity contribution in [3.05, 3.63) is 38.4 Å². The molecule has 84 valence electrons. The SMILES string of the molecule is Cc1cc(NCc2scnc2C)ncc1Br. The molecule has 0 spiro atoms. The molecule has 1 N–H and O–H groups in total. The second-order valence-electron chi connectivity index (χ2n) is 3.53. The van der Waals surface area contributed by atoms with Gasteiger partial charge in [-0.25, -0.2) is 9.97 Å². The molecule has 0 aliphatic rings. The molecule has 0 fully saturated rings. The van der Waals surface area contributed by atoms with Crippen molar-refractivity contribution in [1.29, 1.82) is 0 Å². The topological polar surface area (TPSA) is 37.8 Å². The highest BCUT2D eigenvalue weighted by Gasteiger charge is 2.02. The Kier molecular flexibility index (Phi) is 3.56. The summed E-state index contributed by atoms with van der Waals surface area (Å²) in [6.45, 7) is 4.85. The maximum absolute atomic E-state index is 4.29. The predicted molar refractivity (Wildman–Crippen MR) is 70.9 cm³/mol. The van der Waals surface area contributed by atoms with E-state index in [1.165, 1.54) is 10.4 Å². The first-order chi connectivity index (χ1) is 7.66. The minimum atomic E-state index is 0.782. The van der Waals surface area contributed by atoms with E-state index >= 15 is 0 Å². The lowest BCUT2D eigenvalue weighted by molar-refractivity contribution is 1.09. The van der Waals surface area contributed by atoms with Gasteiger partial charge in [-0.1, -0.05) is 0 Å². The molecule has 2 rings (SSSR count). The second-order valence-corrected chi connectivity index (χ2v) is 5.33. The number of hydrogen-bond acceptors (Lipinski definition) is 4. The summed E-state index contributed by atoms with van der Waals surface area (Å²) < 4.78 is 1.03. The van der Waals surface area contributed by atoms with E-state index in [0.717, 1.165) is 22.5 Å². The Bertz CT molecular complexity index is 496. The van der Waals surface area contributed by atoms with E-state index in [1.54, 1.807) is 11.3 Å². The van der Waals surface area contributed by atoms with E-state index in [2.05, 4.69) is 38.1 Å². The second kappa shape index (κ2) is 4.93. The minimum Gasteiger partial charge on any atom is -0.365 e. The molecule has 0 aromatic carbocycles. The molecule has 0 amide bonds. The van der Waals surface area contributed by atoms with Gasteiger partial charge in [-0.15, -0.1) is 11.3 Å². The van der Waals surface area contributed by atoms with Crippen LogP contribution in [-0.2, 0) is 6.54 Å². The maximum atomic E-state index is 4.29. The summed E-state index contributed by atoms with van der Waals surface area (Å²) in [5.41, 5.74) is 4.14. The molecule has 3 nitrogen and oxygen atoms in total. The van der Waals surface area contributed by atoms with Crippen LogP contribution in [-0.4, -0.2) is 9.97 Å². The van der Waals surface area contributed by atoms with Crippen LogP contribution >= 0.6 is 27.3 Å². The molecule has 0 aliphatic carbocycles. The summed E-state index contributed by atoms with van der Waals surface area (Å²) in [5.74, 6) is 0.897. The molecule has 0 atom stereocenters. The van der Waals surface area contributed by atoms with E-state index in [0.29, 0.717) is 0 Å². The fraction of sp³-hybridized carbons (Fsp3) is 0.273. The van der Waals surface area contributed by atoms with Gasteiger partial charge < -0.3 is 5.32 Å². The quantitative estimate of drug-likeness (QED) is 0.942. The number of halogens is 1. The fourth-order valence-corrected chi connectivity index (χ4v) is 2.24. The van der Waals surface area contributed by atoms with Crippen molar-refractivity contribution in [2.75, 3.05) is 5.32 Å². The van der Waals surface area contributed by atoms with E-state index in [4.69, 9.17) is 0 Å². The number of thiazole rings is 1. The van der Waals surface area contributed by atoms with Gasteiger partial charge in [0.15, 0.2) is 0 Å². The van der Waals surface area contributed by atoms with Crippen molar-refractivity contribution >= 4 is 33.1 Å². The van der Waals surface area contributed by atoms with Gasteiger partial charge in [-0.3, -0.25) is 0 Å². The zero-order valence-corrected chi connectivity index (χ0v) is 11.5. The van der Waals surface area contributed by atoms with Gasteiger partial charge in [-0.2, -0.15) is 0 Å². The first-order valence-electron chi connectivity index (χ1n) is 4.92. The number of nitrogens with one attached hydrogen (secondary N) is 1. The van der Waals surface area contributed by atoms with E-state index in [1.807, 2.05) is 24.7 Å². The third-order valence-electron chi connectivity index (χ3n) is 2.32. The Labute approximate surface area is 107 Å². The summed E-state index contributed by atoms with van der Waals surface area (Å²) in [5, 5.41) is 3.29. The summed E-state index contributed by atoms with van der Waals surface area (Å²) in [7, 11) is 0. The molecule has 2 heterocycles. The number of hydrogen-bond donors (Lipinski definition) is 1. The van der Waals surface area contributed by atoms with Crippen LogP contribution in [0.2, 0.25) is 0 Å². The molecule has 0 saturated heterocycles. The van der Waals surface area contributed by atoms with Crippen molar-refractivity contribution in [2.24, 2.45) is 0 Å². The van der Waals surface area contributed by atoms with E-state index in [-0.39, 0.29) is 0 Å². The van der Waals surface area contributed by atoms with Crippen LogP contribution in [0.15, 0.2) is 22.2 Å². The largest absolute Gasteiger partial charge is 0.365 e. The van der Waals surface area contributed by atoms with Crippen LogP contribution in [0, 0.1) is 13.8 Å². The average Bonchev–Trinajstić information content (AvgIpc) is 2.66. The first kappa shape index (κ1) is 11.5. The maximum Gasteiger partial charge on any atom is 0.126 e. The van der Waals surface area contributed by atoms with Crippen LogP contribution < -0.4 is 5.32 Å². The van der Waals surface area contributed by atoms with Gasteiger partial charge >= 0.3 is 0 Å². The summed E-state index contributed by atoms with van der Waals surface area (Å²) in [6.07, 6.45) is 1.82. The Morgan fingerprint density at radius 1 is 1.38 bits per heavy atom. The highest BCUT2D eigenvalue weighted by Crippen LogP contribution is 2.19. The van der Waals surface area contributed by atoms with Gasteiger partial charge in [0.25, 0.3) is 0 Å². The molecule has 0 saturated carbocycles. The number of pyridine rings is 1. The fourth-order valence-electron chi connectivity index (χ4n) is 1.30. The standard InChI is InChI=1S/C11H12BrN3S/c1-7-3-11(13-4-9(7)12)14-5-10-8(2)15-6-16-10/h3-4,6H,5H2,1-2H3,(H,13,14). The van der Waals surface area contributed by atoms with Crippen molar-refractivity contribution in [1.82, 2.24) is 9.97 Å². The molecule has 2 aromatic heterocycles. The molecule has 0 radical (unpaired) electrons. The van der Waals surface area contributed by atoms with Crippen molar-refractivity contribution in [2.45, 2.75) is 20.4 Å². The zero-order chi connectivity index (χ0) is 11.5. The number of aromatic nitrogens is 2. The molecule has 0 unspecified atom stereocenters. The third kappa shape index (κ3) is 2.59. The third-order valence-corrected chi connectivity index (χ3v) is 4.09. The Balaban J connectivity index is 2.05. The minimum absolute atomic E-state index is 0.782. The van der Waals surface area contributed by atoms with Crippen LogP contribution in [0.4, 0.5) is 5.82 Å². The van der Waals surface area contributed by atoms with Crippen molar-refractivity contribution < 1.29 is 0 Å². The number of rotatable bonds is 3. The molecule has 5 heteroatoms. The number of aryl methyl sites for hydroxylation is 2. The Morgan fingerprint density at radius 3 is 2.81 bits per heavy atom. The molecule has 2 aromatic rings. The van der Waals surface area contributed by atoms with Gasteiger partial charge in [-0.05, 0) is 41.4 Å². The van der Waals surface area contributed by atoms with Crippen LogP contribution in [0.3, 0.4) is 0 Å². The highest BCUT2D eigenvalue weighted by atomic mass is 79.9. The Morgan fingerprint density at radius 2 is 2.19 bits per heavy atom. The smallest absolute Gasteiger partial charge is 0.126 e. The molecule has 0 aliphatic heterocycles. The van der Waals surface area contributed by atoms with Gasteiger partial charge in [0, 0.05) is 15.5 Å². The predicted octanol–water partition coefficient (Wildman–Crippen LogP) is 3.53. The molecular formula is C11H12BrN3S. The van der Waals surface area contributed by atoms with Gasteiger partial charge in [0.05, 0.1) is 17.7 Å². The van der Waals surface area contributed by atoms with E-state index in [9.17, 15) is 0 Å². The monoisotopic (exact) mass is 297 g/mol. The first-order valence-corrected chi connectivity index (χ1v) is 6.59. The lowest BCUT2D eigenvalue weighted by atomic mass is 10.3. The van der Waals surface area contributed by atoms with Gasteiger partial charge in [0.1, 0.15) is 5.82 Å². The van der Waals surface area contributed by atoms with Crippen LogP contribution in [0.1, 0.15) is 16.1 Å². The normalized spacial score (nSPS) is 10.4. The molecular weight excluding hydrogens is 286 g/mol. The molecule has 16 heavy (non-hydrogen) atoms.